The molecule has 2 amide bonds. The van der Waals surface area contributed by atoms with Crippen molar-refractivity contribution >= 4 is 23.5 Å². The van der Waals surface area contributed by atoms with Gasteiger partial charge in [0.25, 0.3) is 11.8 Å². The van der Waals surface area contributed by atoms with E-state index in [1.807, 2.05) is 39.8 Å². The molecule has 0 spiro atoms. The number of hydrogen-bond donors (Lipinski definition) is 1. The fraction of sp³-hybridized carbons (Fsp3) is 0.348. The molecule has 0 saturated carbocycles. The fourth-order valence-corrected chi connectivity index (χ4v) is 2.83. The summed E-state index contributed by atoms with van der Waals surface area (Å²) >= 11 is 0. The zero-order chi connectivity index (χ0) is 22.1. The molecular weight excluding hydrogens is 384 g/mol. The van der Waals surface area contributed by atoms with Gasteiger partial charge in [-0.2, -0.15) is 0 Å². The summed E-state index contributed by atoms with van der Waals surface area (Å²) in [6.45, 7) is 8.15. The van der Waals surface area contributed by atoms with Crippen LogP contribution >= 0.6 is 0 Å². The molecule has 160 valence electrons. The Kier molecular flexibility index (Phi) is 8.41. The highest BCUT2D eigenvalue weighted by Crippen LogP contribution is 2.20. The highest BCUT2D eigenvalue weighted by Gasteiger charge is 2.14. The highest BCUT2D eigenvalue weighted by molar-refractivity contribution is 5.97. The van der Waals surface area contributed by atoms with Gasteiger partial charge in [-0.25, -0.2) is 4.79 Å². The lowest BCUT2D eigenvalue weighted by atomic mass is 10.1. The average Bonchev–Trinajstić information content (AvgIpc) is 2.74. The number of benzene rings is 2. The van der Waals surface area contributed by atoms with E-state index >= 15 is 0 Å². The number of esters is 1. The summed E-state index contributed by atoms with van der Waals surface area (Å²) in [5.41, 5.74) is 2.94. The molecule has 0 unspecified atom stereocenters. The van der Waals surface area contributed by atoms with E-state index in [4.69, 9.17) is 9.47 Å². The minimum absolute atomic E-state index is 0.105. The first-order chi connectivity index (χ1) is 14.3. The van der Waals surface area contributed by atoms with Crippen LogP contribution in [-0.4, -0.2) is 49.0 Å². The number of nitrogens with one attached hydrogen (secondary N) is 1. The zero-order valence-electron chi connectivity index (χ0n) is 17.9. The highest BCUT2D eigenvalue weighted by atomic mass is 16.6. The third-order valence-corrected chi connectivity index (χ3v) is 4.71. The second kappa shape index (κ2) is 11.0. The average molecular weight is 412 g/mol. The van der Waals surface area contributed by atoms with Crippen LogP contribution in [0.1, 0.15) is 35.3 Å². The molecule has 0 radical (unpaired) electrons. The Hall–Kier alpha value is -3.35. The van der Waals surface area contributed by atoms with E-state index in [-0.39, 0.29) is 12.5 Å². The van der Waals surface area contributed by atoms with E-state index in [2.05, 4.69) is 5.32 Å². The van der Waals surface area contributed by atoms with Gasteiger partial charge >= 0.3 is 5.97 Å². The van der Waals surface area contributed by atoms with Crippen molar-refractivity contribution in [2.24, 2.45) is 0 Å². The molecule has 2 aromatic rings. The van der Waals surface area contributed by atoms with Gasteiger partial charge in [0.05, 0.1) is 0 Å². The monoisotopic (exact) mass is 412 g/mol. The molecule has 2 aromatic carbocycles. The van der Waals surface area contributed by atoms with Gasteiger partial charge in [0, 0.05) is 24.3 Å². The third kappa shape index (κ3) is 6.34. The predicted octanol–water partition coefficient (Wildman–Crippen LogP) is 3.35. The van der Waals surface area contributed by atoms with Crippen LogP contribution in [0.5, 0.6) is 5.75 Å². The molecule has 0 heterocycles. The number of carbonyl (C=O) groups excluding carboxylic acids is 3. The zero-order valence-corrected chi connectivity index (χ0v) is 17.9. The Morgan fingerprint density at radius 1 is 0.967 bits per heavy atom. The number of nitrogens with zero attached hydrogens (tertiary/aromatic N) is 1. The Morgan fingerprint density at radius 3 is 2.37 bits per heavy atom. The van der Waals surface area contributed by atoms with Crippen LogP contribution in [0.15, 0.2) is 42.5 Å². The molecule has 0 aliphatic heterocycles. The predicted molar refractivity (Wildman–Crippen MR) is 115 cm³/mol. The Labute approximate surface area is 177 Å². The number of amides is 2. The minimum Gasteiger partial charge on any atom is -0.482 e. The van der Waals surface area contributed by atoms with E-state index < -0.39 is 18.5 Å². The van der Waals surface area contributed by atoms with Crippen LogP contribution in [0.2, 0.25) is 0 Å². The van der Waals surface area contributed by atoms with Crippen molar-refractivity contribution < 1.29 is 23.9 Å². The maximum absolute atomic E-state index is 12.4. The number of aryl methyl sites for hydroxylation is 1. The first-order valence-corrected chi connectivity index (χ1v) is 9.89. The normalized spacial score (nSPS) is 10.3. The number of hydrogen-bond acceptors (Lipinski definition) is 5. The summed E-state index contributed by atoms with van der Waals surface area (Å²) < 4.78 is 10.4. The van der Waals surface area contributed by atoms with Crippen molar-refractivity contribution in [1.82, 2.24) is 4.90 Å². The van der Waals surface area contributed by atoms with E-state index in [1.54, 1.807) is 35.2 Å². The van der Waals surface area contributed by atoms with Gasteiger partial charge < -0.3 is 19.7 Å². The molecule has 0 aromatic heterocycles. The van der Waals surface area contributed by atoms with Crippen molar-refractivity contribution in [3.8, 4) is 5.75 Å². The molecule has 0 aliphatic rings. The molecule has 1 N–H and O–H groups in total. The van der Waals surface area contributed by atoms with Gasteiger partial charge in [-0.05, 0) is 63.1 Å². The lowest BCUT2D eigenvalue weighted by molar-refractivity contribution is -0.149. The van der Waals surface area contributed by atoms with Crippen LogP contribution in [-0.2, 0) is 14.3 Å². The van der Waals surface area contributed by atoms with Crippen molar-refractivity contribution in [3.63, 3.8) is 0 Å². The first kappa shape index (κ1) is 22.9. The van der Waals surface area contributed by atoms with Crippen LogP contribution in [0.25, 0.3) is 0 Å². The van der Waals surface area contributed by atoms with Gasteiger partial charge in [0.15, 0.2) is 13.2 Å². The minimum atomic E-state index is -0.642. The number of rotatable bonds is 9. The van der Waals surface area contributed by atoms with Crippen LogP contribution in [0.3, 0.4) is 0 Å². The SMILES string of the molecule is CCN(CC)C(=O)c1cccc(NC(=O)COC(=O)COc2cccc(C)c2C)c1. The third-order valence-electron chi connectivity index (χ3n) is 4.71. The van der Waals surface area contributed by atoms with Crippen molar-refractivity contribution in [3.05, 3.63) is 59.2 Å². The van der Waals surface area contributed by atoms with E-state index in [0.29, 0.717) is 30.1 Å². The number of carbonyl (C=O) groups is 3. The van der Waals surface area contributed by atoms with Crippen molar-refractivity contribution in [1.29, 1.82) is 0 Å². The lowest BCUT2D eigenvalue weighted by Crippen LogP contribution is -2.30. The molecule has 7 heteroatoms. The fourth-order valence-electron chi connectivity index (χ4n) is 2.83. The van der Waals surface area contributed by atoms with Crippen molar-refractivity contribution in [2.45, 2.75) is 27.7 Å². The van der Waals surface area contributed by atoms with E-state index in [1.165, 1.54) is 0 Å². The summed E-state index contributed by atoms with van der Waals surface area (Å²) in [6, 6.07) is 12.2. The summed E-state index contributed by atoms with van der Waals surface area (Å²) in [6.07, 6.45) is 0. The van der Waals surface area contributed by atoms with Crippen molar-refractivity contribution in [2.75, 3.05) is 31.6 Å². The summed E-state index contributed by atoms with van der Waals surface area (Å²) in [4.78, 5) is 38.1. The number of anilines is 1. The van der Waals surface area contributed by atoms with Gasteiger partial charge in [-0.15, -0.1) is 0 Å². The topological polar surface area (TPSA) is 84.9 Å². The van der Waals surface area contributed by atoms with E-state index in [0.717, 1.165) is 11.1 Å². The Bertz CT molecular complexity index is 906. The second-order valence-corrected chi connectivity index (χ2v) is 6.75. The quantitative estimate of drug-likeness (QED) is 0.639. The summed E-state index contributed by atoms with van der Waals surface area (Å²) in [5.74, 6) is -0.642. The molecule has 0 aliphatic carbocycles. The van der Waals surface area contributed by atoms with Gasteiger partial charge in [0.1, 0.15) is 5.75 Å². The number of ether oxygens (including phenoxy) is 2. The van der Waals surface area contributed by atoms with Gasteiger partial charge in [-0.3, -0.25) is 9.59 Å². The molecule has 0 fully saturated rings. The molecule has 0 atom stereocenters. The molecule has 0 bridgehead atoms. The van der Waals surface area contributed by atoms with Gasteiger partial charge in [0.2, 0.25) is 0 Å². The lowest BCUT2D eigenvalue weighted by Gasteiger charge is -2.19. The molecule has 30 heavy (non-hydrogen) atoms. The first-order valence-electron chi connectivity index (χ1n) is 9.89. The molecule has 0 saturated heterocycles. The maximum Gasteiger partial charge on any atom is 0.344 e. The van der Waals surface area contributed by atoms with Crippen LogP contribution < -0.4 is 10.1 Å². The van der Waals surface area contributed by atoms with Crippen LogP contribution in [0.4, 0.5) is 5.69 Å². The smallest absolute Gasteiger partial charge is 0.344 e. The standard InChI is InChI=1S/C23H28N2O5/c1-5-25(6-2)23(28)18-10-8-11-19(13-18)24-21(26)14-30-22(27)15-29-20-12-7-9-16(3)17(20)4/h7-13H,5-6,14-15H2,1-4H3,(H,24,26). The summed E-state index contributed by atoms with van der Waals surface area (Å²) in [5, 5.41) is 2.63. The second-order valence-electron chi connectivity index (χ2n) is 6.75. The van der Waals surface area contributed by atoms with Gasteiger partial charge in [-0.1, -0.05) is 18.2 Å². The largest absolute Gasteiger partial charge is 0.482 e. The molecule has 7 nitrogen and oxygen atoms in total. The Morgan fingerprint density at radius 2 is 1.67 bits per heavy atom. The van der Waals surface area contributed by atoms with Crippen LogP contribution in [0, 0.1) is 13.8 Å². The Balaban J connectivity index is 1.84. The molecular formula is C23H28N2O5. The maximum atomic E-state index is 12.4. The summed E-state index contributed by atoms with van der Waals surface area (Å²) in [7, 11) is 0. The van der Waals surface area contributed by atoms with E-state index in [9.17, 15) is 14.4 Å². The molecule has 2 rings (SSSR count).